The van der Waals surface area contributed by atoms with Crippen LogP contribution in [0.5, 0.6) is 0 Å². The van der Waals surface area contributed by atoms with Gasteiger partial charge in [0, 0.05) is 17.6 Å². The molecule has 0 unspecified atom stereocenters. The molecule has 0 saturated heterocycles. The fraction of sp³-hybridized carbons (Fsp3) is 0.444. The van der Waals surface area contributed by atoms with Gasteiger partial charge >= 0.3 is 0 Å². The van der Waals surface area contributed by atoms with E-state index in [0.29, 0.717) is 5.56 Å². The molecule has 3 rings (SSSR count). The molecule has 0 bridgehead atoms. The predicted octanol–water partition coefficient (Wildman–Crippen LogP) is 3.67. The Hall–Kier alpha value is -1.37. The zero-order valence-electron chi connectivity index (χ0n) is 14.5. The molecule has 136 valence electrons. The average Bonchev–Trinajstić information content (AvgIpc) is 2.84. The molecule has 0 radical (unpaired) electrons. The van der Waals surface area contributed by atoms with Crippen LogP contribution in [0.15, 0.2) is 28.7 Å². The second kappa shape index (κ2) is 8.34. The topological polar surface area (TPSA) is 72.9 Å². The largest absolute Gasteiger partial charge is 0.349 e. The van der Waals surface area contributed by atoms with Crippen LogP contribution >= 0.6 is 28.3 Å². The van der Waals surface area contributed by atoms with Crippen LogP contribution in [0, 0.1) is 13.8 Å². The highest BCUT2D eigenvalue weighted by Crippen LogP contribution is 2.23. The Labute approximate surface area is 162 Å². The van der Waals surface area contributed by atoms with E-state index in [2.05, 4.69) is 26.3 Å². The molecular weight excluding hydrogens is 404 g/mol. The highest BCUT2D eigenvalue weighted by Gasteiger charge is 2.20. The summed E-state index contributed by atoms with van der Waals surface area (Å²) < 4.78 is 2.89. The number of nitrogens with one attached hydrogen (secondary N) is 1. The van der Waals surface area contributed by atoms with E-state index in [9.17, 15) is 4.79 Å². The van der Waals surface area contributed by atoms with Crippen LogP contribution in [0.1, 0.15) is 47.4 Å². The molecule has 1 saturated carbocycles. The van der Waals surface area contributed by atoms with Crippen molar-refractivity contribution in [3.8, 4) is 5.69 Å². The molecule has 0 atom stereocenters. The first-order valence-electron chi connectivity index (χ1n) is 8.34. The lowest BCUT2D eigenvalue weighted by atomic mass is 9.91. The van der Waals surface area contributed by atoms with Gasteiger partial charge in [-0.1, -0.05) is 0 Å². The van der Waals surface area contributed by atoms with Crippen molar-refractivity contribution in [1.82, 2.24) is 15.1 Å². The minimum atomic E-state index is -0.0171. The van der Waals surface area contributed by atoms with E-state index in [0.717, 1.165) is 47.2 Å². The summed E-state index contributed by atoms with van der Waals surface area (Å²) in [5.74, 6) is -0.0171. The van der Waals surface area contributed by atoms with E-state index < -0.39 is 0 Å². The third-order valence-electron chi connectivity index (χ3n) is 4.68. The molecule has 1 aromatic heterocycles. The number of carbonyl (C=O) groups excluding carboxylic acids is 1. The fourth-order valence-corrected chi connectivity index (χ4v) is 3.41. The van der Waals surface area contributed by atoms with Gasteiger partial charge in [-0.15, -0.1) is 12.4 Å². The maximum Gasteiger partial charge on any atom is 0.251 e. The number of rotatable bonds is 3. The number of carbonyl (C=O) groups is 1. The van der Waals surface area contributed by atoms with Gasteiger partial charge in [-0.25, -0.2) is 4.68 Å². The summed E-state index contributed by atoms with van der Waals surface area (Å²) in [6, 6.07) is 8.09. The number of nitrogens with two attached hydrogens (primary N) is 1. The fourth-order valence-electron chi connectivity index (χ4n) is 3.16. The van der Waals surface area contributed by atoms with Gasteiger partial charge in [0.2, 0.25) is 0 Å². The molecule has 1 aliphatic carbocycles. The van der Waals surface area contributed by atoms with E-state index in [-0.39, 0.29) is 30.4 Å². The minimum absolute atomic E-state index is 0. The number of aromatic nitrogens is 2. The first-order chi connectivity index (χ1) is 11.5. The molecule has 5 nitrogen and oxygen atoms in total. The zero-order chi connectivity index (χ0) is 17.3. The molecule has 1 amide bonds. The van der Waals surface area contributed by atoms with Crippen LogP contribution in [-0.2, 0) is 0 Å². The summed E-state index contributed by atoms with van der Waals surface area (Å²) in [6.07, 6.45) is 3.89. The molecular formula is C18H24BrClN4O. The van der Waals surface area contributed by atoms with Crippen molar-refractivity contribution in [3.63, 3.8) is 0 Å². The standard InChI is InChI=1S/C18H23BrN4O.ClH/c1-11-17(19)12(2)23(22-11)16-9-3-13(4-10-16)18(24)21-15-7-5-14(20)6-8-15;/h3-4,9-10,14-15H,5-8,20H2,1-2H3,(H,21,24);1H. The van der Waals surface area contributed by atoms with Crippen molar-refractivity contribution in [2.24, 2.45) is 5.73 Å². The Kier molecular flexibility index (Phi) is 6.65. The third kappa shape index (κ3) is 4.43. The number of hydrogen-bond acceptors (Lipinski definition) is 3. The van der Waals surface area contributed by atoms with Gasteiger partial charge in [0.25, 0.3) is 5.91 Å². The van der Waals surface area contributed by atoms with Crippen molar-refractivity contribution in [3.05, 3.63) is 45.7 Å². The molecule has 2 aromatic rings. The van der Waals surface area contributed by atoms with Crippen LogP contribution in [0.25, 0.3) is 5.69 Å². The van der Waals surface area contributed by atoms with Crippen LogP contribution in [0.3, 0.4) is 0 Å². The summed E-state index contributed by atoms with van der Waals surface area (Å²) in [7, 11) is 0. The Bertz CT molecular complexity index is 736. The minimum Gasteiger partial charge on any atom is -0.349 e. The molecule has 1 heterocycles. The normalized spacial score (nSPS) is 20.0. The summed E-state index contributed by atoms with van der Waals surface area (Å²) in [5.41, 5.74) is 9.53. The van der Waals surface area contributed by atoms with Crippen LogP contribution < -0.4 is 11.1 Å². The van der Waals surface area contributed by atoms with E-state index in [1.54, 1.807) is 0 Å². The maximum absolute atomic E-state index is 12.4. The second-order valence-electron chi connectivity index (χ2n) is 6.53. The highest BCUT2D eigenvalue weighted by molar-refractivity contribution is 9.10. The van der Waals surface area contributed by atoms with Gasteiger partial charge in [0.05, 0.1) is 21.5 Å². The maximum atomic E-state index is 12.4. The molecule has 0 spiro atoms. The molecule has 0 aliphatic heterocycles. The van der Waals surface area contributed by atoms with E-state index in [1.807, 2.05) is 42.8 Å². The molecule has 7 heteroatoms. The van der Waals surface area contributed by atoms with Gasteiger partial charge in [-0.2, -0.15) is 5.10 Å². The van der Waals surface area contributed by atoms with E-state index in [1.165, 1.54) is 0 Å². The van der Waals surface area contributed by atoms with E-state index >= 15 is 0 Å². The van der Waals surface area contributed by atoms with Crippen molar-refractivity contribution in [2.45, 2.75) is 51.6 Å². The van der Waals surface area contributed by atoms with Crippen molar-refractivity contribution >= 4 is 34.2 Å². The third-order valence-corrected chi connectivity index (χ3v) is 5.83. The average molecular weight is 428 g/mol. The van der Waals surface area contributed by atoms with Gasteiger partial charge in [0.1, 0.15) is 0 Å². The van der Waals surface area contributed by atoms with Crippen molar-refractivity contribution in [2.75, 3.05) is 0 Å². The zero-order valence-corrected chi connectivity index (χ0v) is 16.9. The SMILES string of the molecule is Cc1nn(-c2ccc(C(=O)NC3CCC(N)CC3)cc2)c(C)c1Br.Cl. The van der Waals surface area contributed by atoms with E-state index in [4.69, 9.17) is 5.73 Å². The van der Waals surface area contributed by atoms with Crippen LogP contribution in [0.2, 0.25) is 0 Å². The van der Waals surface area contributed by atoms with Gasteiger partial charge in [-0.3, -0.25) is 4.79 Å². The first-order valence-corrected chi connectivity index (χ1v) is 9.13. The Morgan fingerprint density at radius 2 is 1.80 bits per heavy atom. The lowest BCUT2D eigenvalue weighted by molar-refractivity contribution is 0.0926. The number of amides is 1. The first kappa shape index (κ1) is 19.9. The Morgan fingerprint density at radius 1 is 1.20 bits per heavy atom. The number of hydrogen-bond donors (Lipinski definition) is 2. The van der Waals surface area contributed by atoms with Crippen molar-refractivity contribution < 1.29 is 4.79 Å². The van der Waals surface area contributed by atoms with Gasteiger partial charge in [0.15, 0.2) is 0 Å². The Morgan fingerprint density at radius 3 is 2.32 bits per heavy atom. The molecule has 25 heavy (non-hydrogen) atoms. The van der Waals surface area contributed by atoms with Crippen LogP contribution in [-0.4, -0.2) is 27.8 Å². The summed E-state index contributed by atoms with van der Waals surface area (Å²) >= 11 is 3.54. The molecule has 1 aromatic carbocycles. The lowest BCUT2D eigenvalue weighted by Crippen LogP contribution is -2.40. The highest BCUT2D eigenvalue weighted by atomic mass is 79.9. The number of benzene rings is 1. The smallest absolute Gasteiger partial charge is 0.251 e. The molecule has 1 fully saturated rings. The second-order valence-corrected chi connectivity index (χ2v) is 7.32. The Balaban J connectivity index is 0.00000225. The lowest BCUT2D eigenvalue weighted by Gasteiger charge is -2.26. The predicted molar refractivity (Wildman–Crippen MR) is 106 cm³/mol. The number of aryl methyl sites for hydroxylation is 1. The summed E-state index contributed by atoms with van der Waals surface area (Å²) in [5, 5.41) is 7.63. The number of nitrogens with zero attached hydrogens (tertiary/aromatic N) is 2. The van der Waals surface area contributed by atoms with Gasteiger partial charge < -0.3 is 11.1 Å². The monoisotopic (exact) mass is 426 g/mol. The summed E-state index contributed by atoms with van der Waals surface area (Å²) in [4.78, 5) is 12.4. The quantitative estimate of drug-likeness (QED) is 0.785. The van der Waals surface area contributed by atoms with Gasteiger partial charge in [-0.05, 0) is 79.7 Å². The number of halogens is 2. The molecule has 1 aliphatic rings. The summed E-state index contributed by atoms with van der Waals surface area (Å²) in [6.45, 7) is 3.98. The van der Waals surface area contributed by atoms with Crippen LogP contribution in [0.4, 0.5) is 0 Å². The van der Waals surface area contributed by atoms with Crippen molar-refractivity contribution in [1.29, 1.82) is 0 Å². The molecule has 3 N–H and O–H groups in total.